The Labute approximate surface area is 116 Å². The molecule has 1 aromatic heterocycles. The zero-order chi connectivity index (χ0) is 13.8. The first-order valence-electron chi connectivity index (χ1n) is 5.98. The van der Waals surface area contributed by atoms with E-state index in [1.165, 1.54) is 0 Å². The predicted molar refractivity (Wildman–Crippen MR) is 77.1 cm³/mol. The molecule has 19 heavy (non-hydrogen) atoms. The van der Waals surface area contributed by atoms with Gasteiger partial charge in [-0.3, -0.25) is 0 Å². The lowest BCUT2D eigenvalue weighted by Gasteiger charge is -2.04. The van der Waals surface area contributed by atoms with Crippen LogP contribution in [0.1, 0.15) is 19.7 Å². The van der Waals surface area contributed by atoms with E-state index in [1.807, 2.05) is 6.07 Å². The van der Waals surface area contributed by atoms with Crippen LogP contribution >= 0.6 is 11.8 Å². The number of nitrogens with zero attached hydrogens (tertiary/aromatic N) is 2. The Morgan fingerprint density at radius 1 is 1.42 bits per heavy atom. The van der Waals surface area contributed by atoms with Gasteiger partial charge in [0, 0.05) is 5.56 Å². The van der Waals surface area contributed by atoms with Crippen molar-refractivity contribution in [2.24, 2.45) is 0 Å². The molecule has 0 fully saturated rings. The van der Waals surface area contributed by atoms with Crippen molar-refractivity contribution in [3.63, 3.8) is 0 Å². The maximum absolute atomic E-state index is 5.86. The van der Waals surface area contributed by atoms with Gasteiger partial charge >= 0.3 is 0 Å². The van der Waals surface area contributed by atoms with Crippen molar-refractivity contribution in [3.05, 3.63) is 24.0 Å². The van der Waals surface area contributed by atoms with E-state index >= 15 is 0 Å². The molecule has 0 spiro atoms. The van der Waals surface area contributed by atoms with Crippen molar-refractivity contribution in [1.82, 2.24) is 10.1 Å². The monoisotopic (exact) mass is 279 g/mol. The molecule has 1 aromatic carbocycles. The Morgan fingerprint density at radius 2 is 2.21 bits per heavy atom. The van der Waals surface area contributed by atoms with Crippen LogP contribution < -0.4 is 10.5 Å². The summed E-state index contributed by atoms with van der Waals surface area (Å²) in [6.45, 7) is 4.27. The molecular formula is C13H17N3O2S. The number of benzene rings is 1. The van der Waals surface area contributed by atoms with Crippen LogP contribution in [-0.4, -0.2) is 22.5 Å². The van der Waals surface area contributed by atoms with Gasteiger partial charge in [-0.2, -0.15) is 16.7 Å². The van der Waals surface area contributed by atoms with E-state index in [4.69, 9.17) is 15.0 Å². The number of ether oxygens (including phenoxy) is 1. The number of aromatic nitrogens is 2. The smallest absolute Gasteiger partial charge is 0.258 e. The van der Waals surface area contributed by atoms with Gasteiger partial charge in [-0.15, -0.1) is 0 Å². The highest BCUT2D eigenvalue weighted by molar-refractivity contribution is 7.99. The van der Waals surface area contributed by atoms with Crippen LogP contribution in [0, 0.1) is 0 Å². The lowest BCUT2D eigenvalue weighted by Crippen LogP contribution is -1.93. The predicted octanol–water partition coefficient (Wildman–Crippen LogP) is 2.97. The van der Waals surface area contributed by atoms with Crippen molar-refractivity contribution < 1.29 is 9.26 Å². The van der Waals surface area contributed by atoms with E-state index in [0.29, 0.717) is 28.4 Å². The lowest BCUT2D eigenvalue weighted by atomic mass is 10.2. The quantitative estimate of drug-likeness (QED) is 0.848. The molecule has 0 radical (unpaired) electrons. The molecule has 2 N–H and O–H groups in total. The molecule has 6 heteroatoms. The van der Waals surface area contributed by atoms with E-state index in [-0.39, 0.29) is 0 Å². The molecule has 0 unspecified atom stereocenters. The molecule has 1 heterocycles. The Balaban J connectivity index is 2.16. The summed E-state index contributed by atoms with van der Waals surface area (Å²) in [5, 5.41) is 4.50. The summed E-state index contributed by atoms with van der Waals surface area (Å²) in [7, 11) is 1.58. The summed E-state index contributed by atoms with van der Waals surface area (Å²) in [4.78, 5) is 4.35. The van der Waals surface area contributed by atoms with Crippen molar-refractivity contribution in [1.29, 1.82) is 0 Å². The molecule has 2 aromatic rings. The first-order chi connectivity index (χ1) is 9.10. The van der Waals surface area contributed by atoms with Crippen LogP contribution in [0.5, 0.6) is 5.75 Å². The van der Waals surface area contributed by atoms with E-state index in [1.54, 1.807) is 31.0 Å². The summed E-state index contributed by atoms with van der Waals surface area (Å²) in [5.41, 5.74) is 7.21. The first kappa shape index (κ1) is 13.7. The molecule has 0 amide bonds. The van der Waals surface area contributed by atoms with Gasteiger partial charge in [0.2, 0.25) is 0 Å². The van der Waals surface area contributed by atoms with Crippen molar-refractivity contribution in [3.8, 4) is 17.2 Å². The average molecular weight is 279 g/mol. The molecule has 0 aliphatic carbocycles. The number of nitrogen functional groups attached to an aromatic ring is 1. The largest absolute Gasteiger partial charge is 0.495 e. The fraction of sp³-hybridized carbons (Fsp3) is 0.385. The number of thioether (sulfide) groups is 1. The second kappa shape index (κ2) is 5.97. The standard InChI is InChI=1S/C13H17N3O2S/c1-8(2)19-7-12-15-13(18-16-12)9-4-5-11(17-3)10(14)6-9/h4-6,8H,7,14H2,1-3H3. The zero-order valence-corrected chi connectivity index (χ0v) is 12.0. The zero-order valence-electron chi connectivity index (χ0n) is 11.2. The van der Waals surface area contributed by atoms with Gasteiger partial charge in [-0.25, -0.2) is 0 Å². The van der Waals surface area contributed by atoms with Crippen LogP contribution in [-0.2, 0) is 5.75 Å². The topological polar surface area (TPSA) is 74.2 Å². The van der Waals surface area contributed by atoms with Crippen LogP contribution in [0.3, 0.4) is 0 Å². The highest BCUT2D eigenvalue weighted by Crippen LogP contribution is 2.27. The van der Waals surface area contributed by atoms with Crippen LogP contribution in [0.15, 0.2) is 22.7 Å². The molecule has 0 saturated heterocycles. The molecule has 2 rings (SSSR count). The van der Waals surface area contributed by atoms with Gasteiger partial charge in [-0.1, -0.05) is 19.0 Å². The number of hydrogen-bond acceptors (Lipinski definition) is 6. The summed E-state index contributed by atoms with van der Waals surface area (Å²) in [5.74, 6) is 2.56. The third-order valence-corrected chi connectivity index (χ3v) is 3.58. The highest BCUT2D eigenvalue weighted by Gasteiger charge is 2.11. The molecule has 0 saturated carbocycles. The minimum Gasteiger partial charge on any atom is -0.495 e. The highest BCUT2D eigenvalue weighted by atomic mass is 32.2. The van der Waals surface area contributed by atoms with E-state index in [2.05, 4.69) is 24.0 Å². The summed E-state index contributed by atoms with van der Waals surface area (Å²) < 4.78 is 10.4. The maximum atomic E-state index is 5.86. The number of hydrogen-bond donors (Lipinski definition) is 1. The van der Waals surface area contributed by atoms with Crippen LogP contribution in [0.2, 0.25) is 0 Å². The molecule has 0 aliphatic rings. The van der Waals surface area contributed by atoms with Gasteiger partial charge in [0.15, 0.2) is 5.82 Å². The molecular weight excluding hydrogens is 262 g/mol. The summed E-state index contributed by atoms with van der Waals surface area (Å²) in [6, 6.07) is 5.41. The third-order valence-electron chi connectivity index (χ3n) is 2.49. The Hall–Kier alpha value is -1.69. The van der Waals surface area contributed by atoms with Crippen LogP contribution in [0.4, 0.5) is 5.69 Å². The fourth-order valence-corrected chi connectivity index (χ4v) is 2.14. The lowest BCUT2D eigenvalue weighted by molar-refractivity contribution is 0.416. The SMILES string of the molecule is COc1ccc(-c2nc(CSC(C)C)no2)cc1N. The second-order valence-corrected chi connectivity index (χ2v) is 5.90. The average Bonchev–Trinajstić information content (AvgIpc) is 2.85. The second-order valence-electron chi connectivity index (χ2n) is 4.33. The van der Waals surface area contributed by atoms with Gasteiger partial charge in [0.1, 0.15) is 5.75 Å². The molecule has 0 bridgehead atoms. The molecule has 0 aliphatic heterocycles. The van der Waals surface area contributed by atoms with Crippen molar-refractivity contribution >= 4 is 17.4 Å². The Bertz CT molecular complexity index is 555. The normalized spacial score (nSPS) is 10.9. The number of methoxy groups -OCH3 is 1. The van der Waals surface area contributed by atoms with Gasteiger partial charge in [-0.05, 0) is 23.4 Å². The third kappa shape index (κ3) is 3.41. The van der Waals surface area contributed by atoms with Crippen molar-refractivity contribution in [2.75, 3.05) is 12.8 Å². The van der Waals surface area contributed by atoms with E-state index in [0.717, 1.165) is 11.3 Å². The van der Waals surface area contributed by atoms with Crippen LogP contribution in [0.25, 0.3) is 11.5 Å². The summed E-state index contributed by atoms with van der Waals surface area (Å²) in [6.07, 6.45) is 0. The van der Waals surface area contributed by atoms with Gasteiger partial charge in [0.05, 0.1) is 18.6 Å². The molecule has 5 nitrogen and oxygen atoms in total. The molecule has 0 atom stereocenters. The van der Waals surface area contributed by atoms with Gasteiger partial charge in [0.25, 0.3) is 5.89 Å². The molecule has 102 valence electrons. The fourth-order valence-electron chi connectivity index (χ4n) is 1.54. The number of anilines is 1. The van der Waals surface area contributed by atoms with E-state index in [9.17, 15) is 0 Å². The first-order valence-corrected chi connectivity index (χ1v) is 7.03. The van der Waals surface area contributed by atoms with E-state index < -0.39 is 0 Å². The van der Waals surface area contributed by atoms with Crippen molar-refractivity contribution in [2.45, 2.75) is 24.9 Å². The minimum absolute atomic E-state index is 0.480. The van der Waals surface area contributed by atoms with Gasteiger partial charge < -0.3 is 15.0 Å². The Kier molecular flexibility index (Phi) is 4.31. The number of rotatable bonds is 5. The number of nitrogens with two attached hydrogens (primary N) is 1. The minimum atomic E-state index is 0.480. The summed E-state index contributed by atoms with van der Waals surface area (Å²) >= 11 is 1.77. The maximum Gasteiger partial charge on any atom is 0.258 e. The Morgan fingerprint density at radius 3 is 2.84 bits per heavy atom.